The summed E-state index contributed by atoms with van der Waals surface area (Å²) in [5.41, 5.74) is 1.12. The van der Waals surface area contributed by atoms with Crippen LogP contribution in [0.15, 0.2) is 42.5 Å². The van der Waals surface area contributed by atoms with Crippen LogP contribution >= 0.6 is 11.6 Å². The number of methoxy groups -OCH3 is 1. The number of nitriles is 1. The molecule has 0 unspecified atom stereocenters. The molecule has 2 aromatic rings. The number of amides is 2. The van der Waals surface area contributed by atoms with Gasteiger partial charge in [0.25, 0.3) is 0 Å². The Hall–Kier alpha value is -3.28. The van der Waals surface area contributed by atoms with E-state index in [1.54, 1.807) is 54.4 Å². The van der Waals surface area contributed by atoms with Crippen molar-refractivity contribution in [2.75, 3.05) is 50.6 Å². The third-order valence-electron chi connectivity index (χ3n) is 4.46. The van der Waals surface area contributed by atoms with Crippen LogP contribution in [-0.4, -0.2) is 57.1 Å². The van der Waals surface area contributed by atoms with Crippen LogP contribution in [0.4, 0.5) is 11.4 Å². The number of anilines is 2. The predicted octanol–water partition coefficient (Wildman–Crippen LogP) is 3.56. The molecular formula is C23H27ClN4O4. The average Bonchev–Trinajstić information content (AvgIpc) is 2.75. The Labute approximate surface area is 193 Å². The van der Waals surface area contributed by atoms with Crippen LogP contribution in [0, 0.1) is 11.3 Å². The van der Waals surface area contributed by atoms with Gasteiger partial charge in [0.15, 0.2) is 0 Å². The zero-order chi connectivity index (χ0) is 23.5. The lowest BCUT2D eigenvalue weighted by Gasteiger charge is -2.25. The summed E-state index contributed by atoms with van der Waals surface area (Å²) in [6.45, 7) is 2.67. The summed E-state index contributed by atoms with van der Waals surface area (Å²) in [6.07, 6.45) is 0.192. The maximum absolute atomic E-state index is 12.9. The number of nitrogens with one attached hydrogen (secondary N) is 1. The highest BCUT2D eigenvalue weighted by Gasteiger charge is 2.19. The highest BCUT2D eigenvalue weighted by atomic mass is 35.5. The van der Waals surface area contributed by atoms with Gasteiger partial charge in [-0.05, 0) is 56.4 Å². The Kier molecular flexibility index (Phi) is 9.79. The smallest absolute Gasteiger partial charge is 0.241 e. The zero-order valence-electron chi connectivity index (χ0n) is 18.4. The summed E-state index contributed by atoms with van der Waals surface area (Å²) < 4.78 is 10.7. The fourth-order valence-electron chi connectivity index (χ4n) is 3.03. The van der Waals surface area contributed by atoms with E-state index in [0.717, 1.165) is 0 Å². The fraction of sp³-hybridized carbons (Fsp3) is 0.348. The maximum atomic E-state index is 12.9. The SMILES string of the molecule is CCOc1ccc(N(CCC#N)C(=O)CN(C)CC(=O)Nc2cc(Cl)ccc2OC)cc1. The summed E-state index contributed by atoms with van der Waals surface area (Å²) in [5.74, 6) is 0.652. The molecule has 0 aromatic heterocycles. The first-order chi connectivity index (χ1) is 15.4. The van der Waals surface area contributed by atoms with Crippen molar-refractivity contribution in [2.24, 2.45) is 0 Å². The molecule has 170 valence electrons. The lowest BCUT2D eigenvalue weighted by atomic mass is 10.2. The van der Waals surface area contributed by atoms with Crippen molar-refractivity contribution in [1.82, 2.24) is 4.90 Å². The molecule has 0 atom stereocenters. The molecule has 9 heteroatoms. The normalized spacial score (nSPS) is 10.4. The highest BCUT2D eigenvalue weighted by molar-refractivity contribution is 6.31. The number of rotatable bonds is 11. The number of carbonyl (C=O) groups is 2. The van der Waals surface area contributed by atoms with E-state index in [9.17, 15) is 9.59 Å². The number of carbonyl (C=O) groups excluding carboxylic acids is 2. The number of nitrogens with zero attached hydrogens (tertiary/aromatic N) is 3. The Morgan fingerprint density at radius 1 is 1.16 bits per heavy atom. The highest BCUT2D eigenvalue weighted by Crippen LogP contribution is 2.27. The number of halogens is 1. The van der Waals surface area contributed by atoms with Crippen molar-refractivity contribution in [2.45, 2.75) is 13.3 Å². The largest absolute Gasteiger partial charge is 0.495 e. The average molecular weight is 459 g/mol. The number of likely N-dealkylation sites (N-methyl/N-ethyl adjacent to an activating group) is 1. The van der Waals surface area contributed by atoms with Crippen LogP contribution in [-0.2, 0) is 9.59 Å². The first kappa shape index (κ1) is 25.0. The van der Waals surface area contributed by atoms with Gasteiger partial charge in [0.2, 0.25) is 11.8 Å². The minimum absolute atomic E-state index is 0.00125. The molecule has 2 rings (SSSR count). The van der Waals surface area contributed by atoms with Crippen molar-refractivity contribution in [1.29, 1.82) is 5.26 Å². The first-order valence-electron chi connectivity index (χ1n) is 10.1. The Morgan fingerprint density at radius 3 is 2.50 bits per heavy atom. The second kappa shape index (κ2) is 12.5. The molecule has 0 bridgehead atoms. The number of hydrogen-bond acceptors (Lipinski definition) is 6. The molecule has 0 saturated heterocycles. The molecule has 0 fully saturated rings. The molecule has 0 spiro atoms. The summed E-state index contributed by atoms with van der Waals surface area (Å²) in [4.78, 5) is 28.5. The maximum Gasteiger partial charge on any atom is 0.241 e. The minimum Gasteiger partial charge on any atom is -0.495 e. The van der Waals surface area contributed by atoms with Crippen LogP contribution in [0.2, 0.25) is 5.02 Å². The predicted molar refractivity (Wildman–Crippen MR) is 124 cm³/mol. The van der Waals surface area contributed by atoms with Crippen molar-refractivity contribution < 1.29 is 19.1 Å². The van der Waals surface area contributed by atoms with E-state index in [1.165, 1.54) is 12.0 Å². The quantitative estimate of drug-likeness (QED) is 0.553. The van der Waals surface area contributed by atoms with Gasteiger partial charge in [-0.3, -0.25) is 14.5 Å². The molecule has 2 aromatic carbocycles. The molecule has 0 aliphatic rings. The molecule has 0 heterocycles. The van der Waals surface area contributed by atoms with Crippen LogP contribution in [0.1, 0.15) is 13.3 Å². The Morgan fingerprint density at radius 2 is 1.88 bits per heavy atom. The van der Waals surface area contributed by atoms with Gasteiger partial charge in [0.1, 0.15) is 11.5 Å². The second-order valence-corrected chi connectivity index (χ2v) is 7.38. The second-order valence-electron chi connectivity index (χ2n) is 6.95. The summed E-state index contributed by atoms with van der Waals surface area (Å²) in [5, 5.41) is 12.2. The van der Waals surface area contributed by atoms with Gasteiger partial charge in [-0.25, -0.2) is 0 Å². The van der Waals surface area contributed by atoms with Crippen LogP contribution < -0.4 is 19.7 Å². The van der Waals surface area contributed by atoms with Crippen molar-refractivity contribution in [3.8, 4) is 17.6 Å². The summed E-state index contributed by atoms with van der Waals surface area (Å²) in [7, 11) is 3.17. The molecule has 0 aliphatic carbocycles. The van der Waals surface area contributed by atoms with E-state index >= 15 is 0 Å². The van der Waals surface area contributed by atoms with Crippen molar-refractivity contribution in [3.63, 3.8) is 0 Å². The molecular weight excluding hydrogens is 432 g/mol. The van der Waals surface area contributed by atoms with Gasteiger partial charge in [0.05, 0.1) is 45.0 Å². The van der Waals surface area contributed by atoms with Crippen molar-refractivity contribution in [3.05, 3.63) is 47.5 Å². The number of hydrogen-bond donors (Lipinski definition) is 1. The lowest BCUT2D eigenvalue weighted by Crippen LogP contribution is -2.42. The van der Waals surface area contributed by atoms with Gasteiger partial charge in [-0.1, -0.05) is 11.6 Å². The van der Waals surface area contributed by atoms with Crippen LogP contribution in [0.25, 0.3) is 0 Å². The van der Waals surface area contributed by atoms with E-state index in [-0.39, 0.29) is 37.9 Å². The lowest BCUT2D eigenvalue weighted by molar-refractivity contribution is -0.121. The monoisotopic (exact) mass is 458 g/mol. The number of benzene rings is 2. The zero-order valence-corrected chi connectivity index (χ0v) is 19.2. The third-order valence-corrected chi connectivity index (χ3v) is 4.70. The van der Waals surface area contributed by atoms with Gasteiger partial charge in [-0.15, -0.1) is 0 Å². The molecule has 0 aliphatic heterocycles. The van der Waals surface area contributed by atoms with Gasteiger partial charge in [0, 0.05) is 17.3 Å². The number of ether oxygens (including phenoxy) is 2. The Balaban J connectivity index is 2.01. The van der Waals surface area contributed by atoms with E-state index in [2.05, 4.69) is 11.4 Å². The summed E-state index contributed by atoms with van der Waals surface area (Å²) >= 11 is 6.00. The third kappa shape index (κ3) is 7.45. The van der Waals surface area contributed by atoms with Crippen molar-refractivity contribution >= 4 is 34.8 Å². The molecule has 0 saturated carbocycles. The molecule has 32 heavy (non-hydrogen) atoms. The molecule has 1 N–H and O–H groups in total. The van der Waals surface area contributed by atoms with Crippen LogP contribution in [0.3, 0.4) is 0 Å². The van der Waals surface area contributed by atoms with Crippen LogP contribution in [0.5, 0.6) is 11.5 Å². The Bertz CT molecular complexity index is 959. The topological polar surface area (TPSA) is 94.9 Å². The summed E-state index contributed by atoms with van der Waals surface area (Å²) in [6, 6.07) is 14.1. The van der Waals surface area contributed by atoms with E-state index < -0.39 is 0 Å². The standard InChI is InChI=1S/C23H27ClN4O4/c1-4-32-19-9-7-18(8-10-19)28(13-5-12-25)23(30)16-27(2)15-22(29)26-20-14-17(24)6-11-21(20)31-3/h6-11,14H,4-5,13,15-16H2,1-3H3,(H,26,29). The fourth-order valence-corrected chi connectivity index (χ4v) is 3.21. The molecule has 8 nitrogen and oxygen atoms in total. The van der Waals surface area contributed by atoms with E-state index in [0.29, 0.717) is 34.5 Å². The van der Waals surface area contributed by atoms with Gasteiger partial charge in [-0.2, -0.15) is 5.26 Å². The molecule has 2 amide bonds. The van der Waals surface area contributed by atoms with Gasteiger partial charge < -0.3 is 19.7 Å². The van der Waals surface area contributed by atoms with E-state index in [1.807, 2.05) is 6.92 Å². The van der Waals surface area contributed by atoms with Gasteiger partial charge >= 0.3 is 0 Å². The first-order valence-corrected chi connectivity index (χ1v) is 10.5. The molecule has 0 radical (unpaired) electrons. The van der Waals surface area contributed by atoms with E-state index in [4.69, 9.17) is 26.3 Å². The minimum atomic E-state index is -0.314.